The van der Waals surface area contributed by atoms with E-state index in [0.717, 1.165) is 38.3 Å². The molecule has 0 spiro atoms. The van der Waals surface area contributed by atoms with E-state index in [0.29, 0.717) is 12.6 Å². The Morgan fingerprint density at radius 1 is 1.53 bits per heavy atom. The fourth-order valence-corrected chi connectivity index (χ4v) is 2.13. The minimum absolute atomic E-state index is 0.285. The molecule has 0 saturated carbocycles. The van der Waals surface area contributed by atoms with Crippen LogP contribution in [0.5, 0.6) is 5.75 Å². The molecule has 1 aliphatic heterocycles. The zero-order valence-electron chi connectivity index (χ0n) is 11.2. The van der Waals surface area contributed by atoms with Gasteiger partial charge in [0.25, 0.3) is 0 Å². The third-order valence-electron chi connectivity index (χ3n) is 3.21. The molecule has 1 unspecified atom stereocenters. The number of ether oxygens (including phenoxy) is 2. The van der Waals surface area contributed by atoms with E-state index in [1.165, 1.54) is 13.2 Å². The number of benzene rings is 1. The number of morpholine rings is 1. The zero-order chi connectivity index (χ0) is 13.5. The topological polar surface area (TPSA) is 42.5 Å². The third kappa shape index (κ3) is 4.45. The Bertz CT molecular complexity index is 395. The fraction of sp³-hybridized carbons (Fsp3) is 0.571. The first-order valence-electron chi connectivity index (χ1n) is 6.64. The van der Waals surface area contributed by atoms with Gasteiger partial charge in [0.05, 0.1) is 20.3 Å². The van der Waals surface area contributed by atoms with Gasteiger partial charge >= 0.3 is 0 Å². The molecule has 0 aliphatic carbocycles. The van der Waals surface area contributed by atoms with Crippen molar-refractivity contribution in [3.8, 4) is 5.75 Å². The van der Waals surface area contributed by atoms with E-state index in [2.05, 4.69) is 10.6 Å². The van der Waals surface area contributed by atoms with Crippen molar-refractivity contribution in [2.75, 3.05) is 33.4 Å². The molecule has 1 fully saturated rings. The van der Waals surface area contributed by atoms with Crippen LogP contribution in [0.4, 0.5) is 4.39 Å². The van der Waals surface area contributed by atoms with Gasteiger partial charge in [-0.3, -0.25) is 0 Å². The lowest BCUT2D eigenvalue weighted by Gasteiger charge is -2.23. The van der Waals surface area contributed by atoms with Crippen LogP contribution in [0, 0.1) is 5.82 Å². The summed E-state index contributed by atoms with van der Waals surface area (Å²) in [5.74, 6) is -0.0311. The van der Waals surface area contributed by atoms with Crippen molar-refractivity contribution >= 4 is 0 Å². The molecule has 1 aliphatic rings. The van der Waals surface area contributed by atoms with Gasteiger partial charge in [0.2, 0.25) is 0 Å². The lowest BCUT2D eigenvalue weighted by Crippen LogP contribution is -2.42. The van der Waals surface area contributed by atoms with Gasteiger partial charge < -0.3 is 20.1 Å². The highest BCUT2D eigenvalue weighted by molar-refractivity contribution is 5.29. The van der Waals surface area contributed by atoms with E-state index in [-0.39, 0.29) is 11.6 Å². The molecule has 0 amide bonds. The predicted octanol–water partition coefficient (Wildman–Crippen LogP) is 1.30. The summed E-state index contributed by atoms with van der Waals surface area (Å²) in [4.78, 5) is 0. The number of nitrogens with one attached hydrogen (secondary N) is 2. The molecule has 1 atom stereocenters. The Morgan fingerprint density at radius 2 is 2.42 bits per heavy atom. The average Bonchev–Trinajstić information content (AvgIpc) is 2.45. The second kappa shape index (κ2) is 7.43. The summed E-state index contributed by atoms with van der Waals surface area (Å²) < 4.78 is 23.7. The Kier molecular flexibility index (Phi) is 5.57. The van der Waals surface area contributed by atoms with E-state index in [4.69, 9.17) is 9.47 Å². The molecule has 0 bridgehead atoms. The second-order valence-electron chi connectivity index (χ2n) is 4.66. The number of methoxy groups -OCH3 is 1. The van der Waals surface area contributed by atoms with E-state index in [9.17, 15) is 4.39 Å². The Hall–Kier alpha value is -1.17. The van der Waals surface area contributed by atoms with Gasteiger partial charge in [-0.15, -0.1) is 0 Å². The lowest BCUT2D eigenvalue weighted by atomic mass is 10.2. The van der Waals surface area contributed by atoms with E-state index in [1.54, 1.807) is 6.07 Å². The largest absolute Gasteiger partial charge is 0.494 e. The molecule has 19 heavy (non-hydrogen) atoms. The van der Waals surface area contributed by atoms with Crippen LogP contribution in [-0.4, -0.2) is 39.5 Å². The first-order chi connectivity index (χ1) is 9.29. The van der Waals surface area contributed by atoms with Crippen molar-refractivity contribution in [3.63, 3.8) is 0 Å². The summed E-state index contributed by atoms with van der Waals surface area (Å²) in [6, 6.07) is 5.46. The van der Waals surface area contributed by atoms with Gasteiger partial charge in [0.15, 0.2) is 11.6 Å². The van der Waals surface area contributed by atoms with Gasteiger partial charge in [-0.05, 0) is 30.7 Å². The zero-order valence-corrected chi connectivity index (χ0v) is 11.2. The fourth-order valence-electron chi connectivity index (χ4n) is 2.13. The number of rotatable bonds is 6. The van der Waals surface area contributed by atoms with Crippen molar-refractivity contribution in [1.82, 2.24) is 10.6 Å². The summed E-state index contributed by atoms with van der Waals surface area (Å²) in [7, 11) is 1.47. The van der Waals surface area contributed by atoms with Crippen LogP contribution in [0.3, 0.4) is 0 Å². The van der Waals surface area contributed by atoms with Gasteiger partial charge in [0.1, 0.15) is 0 Å². The van der Waals surface area contributed by atoms with Crippen LogP contribution >= 0.6 is 0 Å². The van der Waals surface area contributed by atoms with E-state index >= 15 is 0 Å². The quantitative estimate of drug-likeness (QED) is 0.763. The summed E-state index contributed by atoms with van der Waals surface area (Å²) >= 11 is 0. The Balaban J connectivity index is 1.69. The molecule has 5 heteroatoms. The number of hydrogen-bond donors (Lipinski definition) is 2. The Morgan fingerprint density at radius 3 is 3.11 bits per heavy atom. The normalized spacial score (nSPS) is 19.4. The van der Waals surface area contributed by atoms with Crippen LogP contribution < -0.4 is 15.4 Å². The average molecular weight is 268 g/mol. The molecule has 0 radical (unpaired) electrons. The van der Waals surface area contributed by atoms with Crippen molar-refractivity contribution in [1.29, 1.82) is 0 Å². The smallest absolute Gasteiger partial charge is 0.165 e. The van der Waals surface area contributed by atoms with Crippen LogP contribution in [0.2, 0.25) is 0 Å². The molecular weight excluding hydrogens is 247 g/mol. The molecule has 0 aromatic heterocycles. The monoisotopic (exact) mass is 268 g/mol. The maximum Gasteiger partial charge on any atom is 0.165 e. The SMILES string of the molecule is COc1ccc(CNCCC2COCCN2)cc1F. The van der Waals surface area contributed by atoms with Gasteiger partial charge in [0, 0.05) is 19.1 Å². The van der Waals surface area contributed by atoms with Crippen molar-refractivity contribution < 1.29 is 13.9 Å². The van der Waals surface area contributed by atoms with Crippen molar-refractivity contribution in [2.24, 2.45) is 0 Å². The summed E-state index contributed by atoms with van der Waals surface area (Å²) in [5.41, 5.74) is 0.922. The predicted molar refractivity (Wildman–Crippen MR) is 71.9 cm³/mol. The highest BCUT2D eigenvalue weighted by Crippen LogP contribution is 2.17. The van der Waals surface area contributed by atoms with Gasteiger partial charge in [-0.1, -0.05) is 6.07 Å². The summed E-state index contributed by atoms with van der Waals surface area (Å²) in [5, 5.41) is 6.71. The molecule has 1 aromatic rings. The van der Waals surface area contributed by atoms with Crippen molar-refractivity contribution in [3.05, 3.63) is 29.6 Å². The van der Waals surface area contributed by atoms with Crippen LogP contribution in [0.1, 0.15) is 12.0 Å². The third-order valence-corrected chi connectivity index (χ3v) is 3.21. The van der Waals surface area contributed by atoms with Gasteiger partial charge in [-0.25, -0.2) is 4.39 Å². The van der Waals surface area contributed by atoms with E-state index in [1.807, 2.05) is 6.07 Å². The van der Waals surface area contributed by atoms with Crippen molar-refractivity contribution in [2.45, 2.75) is 19.0 Å². The first kappa shape index (κ1) is 14.2. The minimum Gasteiger partial charge on any atom is -0.494 e. The molecular formula is C14H21FN2O2. The molecule has 2 rings (SSSR count). The molecule has 1 aromatic carbocycles. The molecule has 1 saturated heterocycles. The maximum absolute atomic E-state index is 13.5. The van der Waals surface area contributed by atoms with Crippen LogP contribution in [0.15, 0.2) is 18.2 Å². The lowest BCUT2D eigenvalue weighted by molar-refractivity contribution is 0.0742. The molecule has 106 valence electrons. The Labute approximate surface area is 113 Å². The second-order valence-corrected chi connectivity index (χ2v) is 4.66. The van der Waals surface area contributed by atoms with Crippen LogP contribution in [0.25, 0.3) is 0 Å². The number of hydrogen-bond acceptors (Lipinski definition) is 4. The summed E-state index contributed by atoms with van der Waals surface area (Å²) in [6.45, 7) is 4.05. The highest BCUT2D eigenvalue weighted by Gasteiger charge is 2.11. The maximum atomic E-state index is 13.5. The first-order valence-corrected chi connectivity index (χ1v) is 6.64. The number of halogens is 1. The standard InChI is InChI=1S/C14H21FN2O2/c1-18-14-3-2-11(8-13(14)15)9-16-5-4-12-10-19-7-6-17-12/h2-3,8,12,16-17H,4-7,9-10H2,1H3. The molecule has 2 N–H and O–H groups in total. The van der Waals surface area contributed by atoms with E-state index < -0.39 is 0 Å². The minimum atomic E-state index is -0.316. The van der Waals surface area contributed by atoms with Crippen LogP contribution in [-0.2, 0) is 11.3 Å². The summed E-state index contributed by atoms with van der Waals surface area (Å²) in [6.07, 6.45) is 1.01. The molecule has 1 heterocycles. The van der Waals surface area contributed by atoms with Gasteiger partial charge in [-0.2, -0.15) is 0 Å². The molecule has 4 nitrogen and oxygen atoms in total. The highest BCUT2D eigenvalue weighted by atomic mass is 19.1.